The minimum atomic E-state index is -0.736. The largest absolute Gasteiger partial charge is 0.454 e. The minimum Gasteiger partial charge on any atom is -0.454 e. The number of nitrogens with one attached hydrogen (secondary N) is 2. The van der Waals surface area contributed by atoms with Crippen LogP contribution in [-0.4, -0.2) is 30.9 Å². The Labute approximate surface area is 171 Å². The van der Waals surface area contributed by atoms with Crippen molar-refractivity contribution in [2.45, 2.75) is 19.9 Å². The molecule has 1 aliphatic rings. The molecule has 3 rings (SSSR count). The summed E-state index contributed by atoms with van der Waals surface area (Å²) in [6.07, 6.45) is 1.54. The summed E-state index contributed by atoms with van der Waals surface area (Å²) in [6.45, 7) is 3.83. The lowest BCUT2D eigenvalue weighted by molar-refractivity contribution is -0.123. The van der Waals surface area contributed by atoms with Crippen LogP contribution < -0.4 is 20.2 Å². The van der Waals surface area contributed by atoms with E-state index in [1.807, 2.05) is 38.1 Å². The highest BCUT2D eigenvalue weighted by Crippen LogP contribution is 2.32. The summed E-state index contributed by atoms with van der Waals surface area (Å²) in [5, 5.41) is 6.73. The Morgan fingerprint density at radius 3 is 2.54 bits per heavy atom. The van der Waals surface area contributed by atoms with Crippen LogP contribution >= 0.6 is 15.9 Å². The second-order valence-corrected chi connectivity index (χ2v) is 7.46. The summed E-state index contributed by atoms with van der Waals surface area (Å²) >= 11 is 3.36. The number of benzene rings is 2. The maximum atomic E-state index is 12.6. The second kappa shape index (κ2) is 8.88. The number of rotatable bonds is 6. The molecule has 0 spiro atoms. The third-order valence-corrected chi connectivity index (χ3v) is 4.66. The van der Waals surface area contributed by atoms with E-state index in [-0.39, 0.29) is 18.6 Å². The van der Waals surface area contributed by atoms with Crippen LogP contribution in [0.15, 0.2) is 52.0 Å². The van der Waals surface area contributed by atoms with Gasteiger partial charge >= 0.3 is 0 Å². The van der Waals surface area contributed by atoms with Crippen molar-refractivity contribution < 1.29 is 19.1 Å². The topological polar surface area (TPSA) is 89.0 Å². The van der Waals surface area contributed by atoms with Crippen LogP contribution in [0.2, 0.25) is 0 Å². The standard InChI is InChI=1S/C20H20BrN3O4/c1-12(2)18(20(26)24-22-10-13-3-6-15(21)7-4-13)23-19(25)14-5-8-16-17(9-14)28-11-27-16/h3-10,12,18H,11H2,1-2H3,(H,23,25)(H,24,26)/t18-/m1/s1. The second-order valence-electron chi connectivity index (χ2n) is 6.55. The number of nitrogens with zero attached hydrogens (tertiary/aromatic N) is 1. The molecule has 0 bridgehead atoms. The van der Waals surface area contributed by atoms with Crippen LogP contribution in [0, 0.1) is 5.92 Å². The highest BCUT2D eigenvalue weighted by molar-refractivity contribution is 9.10. The van der Waals surface area contributed by atoms with Crippen molar-refractivity contribution in [1.82, 2.24) is 10.7 Å². The van der Waals surface area contributed by atoms with E-state index in [1.165, 1.54) is 0 Å². The SMILES string of the molecule is CC(C)[C@@H](NC(=O)c1ccc2c(c1)OCO2)C(=O)NN=Cc1ccc(Br)cc1. The van der Waals surface area contributed by atoms with Crippen molar-refractivity contribution in [3.05, 3.63) is 58.1 Å². The number of fused-ring (bicyclic) bond motifs is 1. The first kappa shape index (κ1) is 19.9. The lowest BCUT2D eigenvalue weighted by atomic mass is 10.0. The number of carbonyl (C=O) groups is 2. The van der Waals surface area contributed by atoms with Gasteiger partial charge in [0.05, 0.1) is 6.21 Å². The molecule has 0 fully saturated rings. The predicted molar refractivity (Wildman–Crippen MR) is 109 cm³/mol. The van der Waals surface area contributed by atoms with Gasteiger partial charge in [0.25, 0.3) is 11.8 Å². The number of halogens is 1. The highest BCUT2D eigenvalue weighted by Gasteiger charge is 2.25. The van der Waals surface area contributed by atoms with E-state index in [9.17, 15) is 9.59 Å². The van der Waals surface area contributed by atoms with E-state index in [0.717, 1.165) is 10.0 Å². The number of ether oxygens (including phenoxy) is 2. The Bertz CT molecular complexity index is 897. The Morgan fingerprint density at radius 2 is 1.82 bits per heavy atom. The highest BCUT2D eigenvalue weighted by atomic mass is 79.9. The molecule has 7 nitrogen and oxygen atoms in total. The number of hydrogen-bond donors (Lipinski definition) is 2. The molecular weight excluding hydrogens is 426 g/mol. The molecule has 0 saturated carbocycles. The molecule has 0 radical (unpaired) electrons. The normalized spacial score (nSPS) is 13.6. The summed E-state index contributed by atoms with van der Waals surface area (Å²) in [6, 6.07) is 11.6. The Kier molecular flexibility index (Phi) is 6.30. The molecule has 1 heterocycles. The molecule has 1 aliphatic heterocycles. The zero-order chi connectivity index (χ0) is 20.1. The summed E-state index contributed by atoms with van der Waals surface area (Å²) in [4.78, 5) is 25.1. The zero-order valence-corrected chi connectivity index (χ0v) is 17.0. The van der Waals surface area contributed by atoms with Gasteiger partial charge in [-0.15, -0.1) is 0 Å². The summed E-state index contributed by atoms with van der Waals surface area (Å²) in [5.41, 5.74) is 3.72. The molecule has 146 valence electrons. The summed E-state index contributed by atoms with van der Waals surface area (Å²) in [7, 11) is 0. The fourth-order valence-corrected chi connectivity index (χ4v) is 2.85. The van der Waals surface area contributed by atoms with Gasteiger partial charge in [0.1, 0.15) is 6.04 Å². The van der Waals surface area contributed by atoms with Gasteiger partial charge in [-0.05, 0) is 41.8 Å². The van der Waals surface area contributed by atoms with Crippen molar-refractivity contribution in [2.24, 2.45) is 11.0 Å². The smallest absolute Gasteiger partial charge is 0.262 e. The third-order valence-electron chi connectivity index (χ3n) is 4.13. The van der Waals surface area contributed by atoms with Crippen LogP contribution in [0.4, 0.5) is 0 Å². The van der Waals surface area contributed by atoms with Gasteiger partial charge in [-0.2, -0.15) is 5.10 Å². The molecular formula is C20H20BrN3O4. The molecule has 28 heavy (non-hydrogen) atoms. The van der Waals surface area contributed by atoms with Gasteiger partial charge < -0.3 is 14.8 Å². The number of hydrazone groups is 1. The molecule has 2 aromatic carbocycles. The van der Waals surface area contributed by atoms with Gasteiger partial charge in [0, 0.05) is 10.0 Å². The van der Waals surface area contributed by atoms with Crippen LogP contribution in [0.1, 0.15) is 29.8 Å². The minimum absolute atomic E-state index is 0.124. The zero-order valence-electron chi connectivity index (χ0n) is 15.4. The maximum absolute atomic E-state index is 12.6. The van der Waals surface area contributed by atoms with E-state index in [4.69, 9.17) is 9.47 Å². The average molecular weight is 446 g/mol. The van der Waals surface area contributed by atoms with Crippen molar-refractivity contribution in [1.29, 1.82) is 0 Å². The first-order valence-corrected chi connectivity index (χ1v) is 9.52. The van der Waals surface area contributed by atoms with Crippen LogP contribution in [0.3, 0.4) is 0 Å². The molecule has 8 heteroatoms. The Morgan fingerprint density at radius 1 is 1.11 bits per heavy atom. The number of carbonyl (C=O) groups excluding carboxylic acids is 2. The van der Waals surface area contributed by atoms with Crippen molar-refractivity contribution in [2.75, 3.05) is 6.79 Å². The predicted octanol–water partition coefficient (Wildman–Crippen LogP) is 3.08. The van der Waals surface area contributed by atoms with Crippen LogP contribution in [0.5, 0.6) is 11.5 Å². The Balaban J connectivity index is 1.62. The quantitative estimate of drug-likeness (QED) is 0.528. The van der Waals surface area contributed by atoms with Gasteiger partial charge in [0.15, 0.2) is 11.5 Å². The molecule has 0 unspecified atom stereocenters. The summed E-state index contributed by atoms with van der Waals surface area (Å²) < 4.78 is 11.5. The maximum Gasteiger partial charge on any atom is 0.262 e. The Hall–Kier alpha value is -2.87. The molecule has 2 amide bonds. The molecule has 0 aromatic heterocycles. The van der Waals surface area contributed by atoms with Crippen LogP contribution in [0.25, 0.3) is 0 Å². The van der Waals surface area contributed by atoms with Gasteiger partial charge in [-0.3, -0.25) is 9.59 Å². The molecule has 0 aliphatic carbocycles. The third kappa shape index (κ3) is 4.89. The fraction of sp³-hybridized carbons (Fsp3) is 0.250. The van der Waals surface area contributed by atoms with Crippen molar-refractivity contribution in [3.8, 4) is 11.5 Å². The van der Waals surface area contributed by atoms with E-state index in [2.05, 4.69) is 31.8 Å². The lowest BCUT2D eigenvalue weighted by Gasteiger charge is -2.20. The van der Waals surface area contributed by atoms with E-state index < -0.39 is 11.9 Å². The first-order chi connectivity index (χ1) is 13.4. The average Bonchev–Trinajstić information content (AvgIpc) is 3.14. The molecule has 0 saturated heterocycles. The van der Waals surface area contributed by atoms with Crippen LogP contribution in [-0.2, 0) is 4.79 Å². The molecule has 1 atom stereocenters. The van der Waals surface area contributed by atoms with Gasteiger partial charge in [0.2, 0.25) is 6.79 Å². The van der Waals surface area contributed by atoms with Gasteiger partial charge in [-0.25, -0.2) is 5.43 Å². The van der Waals surface area contributed by atoms with E-state index in [1.54, 1.807) is 24.4 Å². The van der Waals surface area contributed by atoms with Crippen molar-refractivity contribution in [3.63, 3.8) is 0 Å². The van der Waals surface area contributed by atoms with E-state index in [0.29, 0.717) is 17.1 Å². The summed E-state index contributed by atoms with van der Waals surface area (Å²) in [5.74, 6) is 0.219. The number of amides is 2. The lowest BCUT2D eigenvalue weighted by Crippen LogP contribution is -2.48. The first-order valence-electron chi connectivity index (χ1n) is 8.73. The molecule has 2 aromatic rings. The number of hydrogen-bond acceptors (Lipinski definition) is 5. The monoisotopic (exact) mass is 445 g/mol. The fourth-order valence-electron chi connectivity index (χ4n) is 2.59. The van der Waals surface area contributed by atoms with Crippen molar-refractivity contribution >= 4 is 34.0 Å². The van der Waals surface area contributed by atoms with Gasteiger partial charge in [-0.1, -0.05) is 41.9 Å². The van der Waals surface area contributed by atoms with E-state index >= 15 is 0 Å². The molecule has 2 N–H and O–H groups in total.